The third kappa shape index (κ3) is 7.14. The maximum atomic E-state index is 2.00. The van der Waals surface area contributed by atoms with Gasteiger partial charge in [0.15, 0.2) is 0 Å². The van der Waals surface area contributed by atoms with Crippen molar-refractivity contribution in [2.24, 2.45) is 0 Å². The van der Waals surface area contributed by atoms with Crippen LogP contribution in [0.5, 0.6) is 0 Å². The summed E-state index contributed by atoms with van der Waals surface area (Å²) in [4.78, 5) is 0. The zero-order chi connectivity index (χ0) is 6.85. The Hall–Kier alpha value is 1.70. The van der Waals surface area contributed by atoms with Crippen molar-refractivity contribution in [2.75, 3.05) is 21.1 Å². The Morgan fingerprint density at radius 3 is 0.917 bits per heavy atom. The van der Waals surface area contributed by atoms with Crippen molar-refractivity contribution in [3.63, 3.8) is 0 Å². The van der Waals surface area contributed by atoms with E-state index in [0.717, 1.165) is 0 Å². The summed E-state index contributed by atoms with van der Waals surface area (Å²) in [5.74, 6) is 0. The van der Waals surface area contributed by atoms with Gasteiger partial charge in [-0.3, -0.25) is 0 Å². The van der Waals surface area contributed by atoms with Gasteiger partial charge in [0.1, 0.15) is 0 Å². The first-order chi connectivity index (χ1) is 4.18. The summed E-state index contributed by atoms with van der Waals surface area (Å²) in [6.45, 7) is 0. The van der Waals surface area contributed by atoms with Crippen molar-refractivity contribution in [3.05, 3.63) is 0 Å². The maximum Gasteiger partial charge on any atom is 0.289 e. The molecule has 0 aliphatic carbocycles. The summed E-state index contributed by atoms with van der Waals surface area (Å²) >= 11 is 0. The minimum Gasteiger partial charge on any atom is -0.367 e. The van der Waals surface area contributed by atoms with E-state index in [1.54, 1.807) is 0 Å². The van der Waals surface area contributed by atoms with E-state index in [4.69, 9.17) is 0 Å². The van der Waals surface area contributed by atoms with Crippen molar-refractivity contribution in [2.45, 2.75) is 0 Å². The molecule has 9 heteroatoms. The third-order valence-electron chi connectivity index (χ3n) is 1.09. The summed E-state index contributed by atoms with van der Waals surface area (Å²) < 4.78 is 6.00. The molecule has 0 aromatic heterocycles. The molecule has 1 fully saturated rings. The fraction of sp³-hybridized carbons (Fsp3) is 1.00. The van der Waals surface area contributed by atoms with Crippen molar-refractivity contribution < 1.29 is 0 Å². The van der Waals surface area contributed by atoms with Crippen LogP contribution in [0, 0.1) is 0 Å². The van der Waals surface area contributed by atoms with Crippen LogP contribution in [0.4, 0.5) is 0 Å². The largest absolute Gasteiger partial charge is 0.367 e. The number of hydrogen-bond donors (Lipinski definition) is 0. The van der Waals surface area contributed by atoms with E-state index in [-0.39, 0.29) is 52.8 Å². The molecule has 0 saturated carbocycles. The molecule has 0 N–H and O–H groups in total. The van der Waals surface area contributed by atoms with Crippen LogP contribution in [-0.2, 0) is 0 Å². The predicted octanol–water partition coefficient (Wildman–Crippen LogP) is -2.74. The Labute approximate surface area is 110 Å². The quantitative estimate of drug-likeness (QED) is 0.444. The van der Waals surface area contributed by atoms with E-state index in [0.29, 0.717) is 0 Å². The predicted molar refractivity (Wildman–Crippen MR) is 57.8 cm³/mol. The molecular formula is C3H9B3Ge3N3. The Morgan fingerprint density at radius 2 is 0.750 bits per heavy atom. The average molecular weight is 337 g/mol. The zero-order valence-electron chi connectivity index (χ0n) is 7.57. The fourth-order valence-electron chi connectivity index (χ4n) is 0.951. The maximum absolute atomic E-state index is 2.00. The van der Waals surface area contributed by atoms with Gasteiger partial charge < -0.3 is 14.2 Å². The summed E-state index contributed by atoms with van der Waals surface area (Å²) in [6, 6.07) is 0. The molecule has 1 aliphatic heterocycles. The van der Waals surface area contributed by atoms with Gasteiger partial charge in [0.2, 0.25) is 0 Å². The molecule has 0 bridgehead atoms. The Balaban J connectivity index is -0.000000270. The van der Waals surface area contributed by atoms with Crippen LogP contribution in [0.1, 0.15) is 0 Å². The zero-order valence-corrected chi connectivity index (χ0v) is 13.9. The molecule has 1 rings (SSSR count). The first-order valence-corrected chi connectivity index (χ1v) is 2.89. The van der Waals surface area contributed by atoms with Gasteiger partial charge in [-0.15, -0.1) is 0 Å². The molecule has 0 atom stereocenters. The molecule has 1 saturated heterocycles. The molecular weight excluding hydrogens is 328 g/mol. The van der Waals surface area contributed by atoms with E-state index in [1.807, 2.05) is 58.0 Å². The Kier molecular flexibility index (Phi) is 14.9. The second kappa shape index (κ2) is 9.27. The van der Waals surface area contributed by atoms with Crippen molar-refractivity contribution >= 4 is 75.4 Å². The van der Waals surface area contributed by atoms with Crippen LogP contribution in [0.2, 0.25) is 0 Å². The smallest absolute Gasteiger partial charge is 0.289 e. The second-order valence-electron chi connectivity index (χ2n) is 2.34. The molecule has 0 unspecified atom stereocenters. The van der Waals surface area contributed by atoms with Gasteiger partial charge in [-0.25, -0.2) is 0 Å². The third-order valence-corrected chi connectivity index (χ3v) is 1.09. The Morgan fingerprint density at radius 1 is 0.583 bits per heavy atom. The molecule has 0 aromatic rings. The SMILES string of the molecule is CN1[B]N(C)[B]N(C)[B]1.[Ge].[Ge].[Ge]. The van der Waals surface area contributed by atoms with Crippen LogP contribution < -0.4 is 0 Å². The van der Waals surface area contributed by atoms with E-state index < -0.39 is 0 Å². The van der Waals surface area contributed by atoms with Gasteiger partial charge >= 0.3 is 0 Å². The summed E-state index contributed by atoms with van der Waals surface area (Å²) in [5, 5.41) is 0. The van der Waals surface area contributed by atoms with Gasteiger partial charge in [0, 0.05) is 52.8 Å². The average Bonchev–Trinajstić information content (AvgIpc) is 1.59. The van der Waals surface area contributed by atoms with E-state index >= 15 is 0 Å². The molecule has 1 heterocycles. The molecule has 3 nitrogen and oxygen atoms in total. The molecule has 15 radical (unpaired) electrons. The standard InChI is InChI=1S/C3H9B3N3.3Ge/c1-7-4-8(2)6-9(3)5-7;;;/h1-3H3;;;. The first-order valence-electron chi connectivity index (χ1n) is 2.89. The minimum absolute atomic E-state index is 0. The Bertz CT molecular complexity index is 85.0. The van der Waals surface area contributed by atoms with E-state index in [9.17, 15) is 0 Å². The van der Waals surface area contributed by atoms with Gasteiger partial charge in [-0.1, -0.05) is 0 Å². The van der Waals surface area contributed by atoms with Crippen molar-refractivity contribution in [1.82, 2.24) is 14.2 Å². The van der Waals surface area contributed by atoms with Crippen LogP contribution in [0.25, 0.3) is 0 Å². The van der Waals surface area contributed by atoms with Gasteiger partial charge in [-0.05, 0) is 21.1 Å². The van der Waals surface area contributed by atoms with Crippen molar-refractivity contribution in [3.8, 4) is 0 Å². The molecule has 0 amide bonds. The van der Waals surface area contributed by atoms with Crippen LogP contribution in [-0.4, -0.2) is 111 Å². The fourth-order valence-corrected chi connectivity index (χ4v) is 0.951. The van der Waals surface area contributed by atoms with Gasteiger partial charge in [0.25, 0.3) is 22.6 Å². The monoisotopic (exact) mass is 342 g/mol. The molecule has 0 spiro atoms. The van der Waals surface area contributed by atoms with Crippen LogP contribution in [0.3, 0.4) is 0 Å². The topological polar surface area (TPSA) is 9.72 Å². The molecule has 12 heavy (non-hydrogen) atoms. The van der Waals surface area contributed by atoms with E-state index in [1.165, 1.54) is 0 Å². The molecule has 1 aliphatic rings. The molecule has 57 valence electrons. The normalized spacial score (nSPS) is 18.2. The van der Waals surface area contributed by atoms with Crippen LogP contribution >= 0.6 is 0 Å². The number of hydrogen-bond acceptors (Lipinski definition) is 3. The summed E-state index contributed by atoms with van der Waals surface area (Å²) in [7, 11) is 12.0. The molecule has 0 aromatic carbocycles. The van der Waals surface area contributed by atoms with Crippen molar-refractivity contribution in [1.29, 1.82) is 0 Å². The van der Waals surface area contributed by atoms with E-state index in [2.05, 4.69) is 0 Å². The van der Waals surface area contributed by atoms with Gasteiger partial charge in [0.05, 0.1) is 0 Å². The number of nitrogens with zero attached hydrogens (tertiary/aromatic N) is 3. The minimum atomic E-state index is 0. The summed E-state index contributed by atoms with van der Waals surface area (Å²) in [5.41, 5.74) is 0. The van der Waals surface area contributed by atoms with Gasteiger partial charge in [-0.2, -0.15) is 0 Å². The second-order valence-corrected chi connectivity index (χ2v) is 2.34. The summed E-state index contributed by atoms with van der Waals surface area (Å²) in [6.07, 6.45) is 0. The number of rotatable bonds is 0. The van der Waals surface area contributed by atoms with Crippen LogP contribution in [0.15, 0.2) is 0 Å². The first kappa shape index (κ1) is 19.3.